The van der Waals surface area contributed by atoms with Gasteiger partial charge >= 0.3 is 5.97 Å². The second kappa shape index (κ2) is 8.56. The predicted molar refractivity (Wildman–Crippen MR) is 84.7 cm³/mol. The number of aryl methyl sites for hydroxylation is 2. The number of hydrogen-bond acceptors (Lipinski definition) is 3. The van der Waals surface area contributed by atoms with Crippen LogP contribution in [0.25, 0.3) is 0 Å². The molecule has 1 rings (SSSR count). The minimum Gasteiger partial charge on any atom is -0.481 e. The van der Waals surface area contributed by atoms with Crippen LogP contribution in [-0.2, 0) is 23.1 Å². The molecule has 1 aromatic rings. The van der Waals surface area contributed by atoms with Gasteiger partial charge in [0.25, 0.3) is 0 Å². The lowest BCUT2D eigenvalue weighted by Gasteiger charge is -2.12. The van der Waals surface area contributed by atoms with Gasteiger partial charge < -0.3 is 10.4 Å². The lowest BCUT2D eigenvalue weighted by atomic mass is 9.99. The number of amides is 1. The Labute approximate surface area is 131 Å². The first-order valence-corrected chi connectivity index (χ1v) is 7.81. The first-order chi connectivity index (χ1) is 10.3. The van der Waals surface area contributed by atoms with Crippen LogP contribution in [0.2, 0.25) is 0 Å². The molecule has 0 aliphatic rings. The van der Waals surface area contributed by atoms with Crippen LogP contribution in [0.15, 0.2) is 0 Å². The quantitative estimate of drug-likeness (QED) is 0.683. The molecule has 0 saturated carbocycles. The molecule has 0 aromatic carbocycles. The Morgan fingerprint density at radius 1 is 1.27 bits per heavy atom. The molecule has 1 atom stereocenters. The molecule has 0 aliphatic carbocycles. The highest BCUT2D eigenvalue weighted by Crippen LogP contribution is 2.17. The third-order valence-electron chi connectivity index (χ3n) is 3.98. The van der Waals surface area contributed by atoms with Gasteiger partial charge in [0.15, 0.2) is 0 Å². The Balaban J connectivity index is 2.32. The standard InChI is InChI=1S/C16H27N3O3/c1-11(10-14-12(2)18-19(4)13(14)3)16(22)17-9-7-5-6-8-15(20)21/h11H,5-10H2,1-4H3,(H,17,22)(H,20,21). The highest BCUT2D eigenvalue weighted by Gasteiger charge is 2.18. The number of nitrogens with zero attached hydrogens (tertiary/aromatic N) is 2. The van der Waals surface area contributed by atoms with Crippen LogP contribution in [0.1, 0.15) is 49.6 Å². The third kappa shape index (κ3) is 5.50. The minimum atomic E-state index is -0.764. The molecule has 22 heavy (non-hydrogen) atoms. The molecule has 2 N–H and O–H groups in total. The van der Waals surface area contributed by atoms with E-state index in [0.717, 1.165) is 29.8 Å². The van der Waals surface area contributed by atoms with E-state index in [-0.39, 0.29) is 18.2 Å². The Morgan fingerprint density at radius 3 is 2.50 bits per heavy atom. The fourth-order valence-electron chi connectivity index (χ4n) is 2.48. The van der Waals surface area contributed by atoms with Gasteiger partial charge in [-0.25, -0.2) is 0 Å². The van der Waals surface area contributed by atoms with Crippen LogP contribution < -0.4 is 5.32 Å². The molecule has 0 radical (unpaired) electrons. The van der Waals surface area contributed by atoms with Gasteiger partial charge in [0, 0.05) is 31.6 Å². The molecular weight excluding hydrogens is 282 g/mol. The van der Waals surface area contributed by atoms with E-state index in [2.05, 4.69) is 10.4 Å². The number of aromatic nitrogens is 2. The van der Waals surface area contributed by atoms with Gasteiger partial charge in [0.05, 0.1) is 5.69 Å². The van der Waals surface area contributed by atoms with Crippen LogP contribution in [0, 0.1) is 19.8 Å². The molecule has 0 spiro atoms. The van der Waals surface area contributed by atoms with Gasteiger partial charge in [-0.3, -0.25) is 14.3 Å². The zero-order valence-corrected chi connectivity index (χ0v) is 14.0. The number of nitrogens with one attached hydrogen (secondary N) is 1. The number of aliphatic carboxylic acids is 1. The summed E-state index contributed by atoms with van der Waals surface area (Å²) in [6.07, 6.45) is 3.19. The topological polar surface area (TPSA) is 84.2 Å². The van der Waals surface area contributed by atoms with Gasteiger partial charge in [-0.2, -0.15) is 5.10 Å². The molecule has 1 aromatic heterocycles. The van der Waals surface area contributed by atoms with Crippen molar-refractivity contribution in [2.24, 2.45) is 13.0 Å². The van der Waals surface area contributed by atoms with Crippen molar-refractivity contribution in [2.45, 2.75) is 52.9 Å². The summed E-state index contributed by atoms with van der Waals surface area (Å²) >= 11 is 0. The number of carboxylic acid groups (broad SMARTS) is 1. The normalized spacial score (nSPS) is 12.2. The zero-order valence-electron chi connectivity index (χ0n) is 14.0. The lowest BCUT2D eigenvalue weighted by Crippen LogP contribution is -2.31. The van der Waals surface area contributed by atoms with Gasteiger partial charge in [-0.1, -0.05) is 13.3 Å². The smallest absolute Gasteiger partial charge is 0.303 e. The highest BCUT2D eigenvalue weighted by molar-refractivity contribution is 5.78. The molecule has 0 saturated heterocycles. The molecule has 0 fully saturated rings. The predicted octanol–water partition coefficient (Wildman–Crippen LogP) is 1.98. The molecular formula is C16H27N3O3. The van der Waals surface area contributed by atoms with Crippen LogP contribution in [0.3, 0.4) is 0 Å². The summed E-state index contributed by atoms with van der Waals surface area (Å²) in [6, 6.07) is 0. The summed E-state index contributed by atoms with van der Waals surface area (Å²) in [5, 5.41) is 15.8. The van der Waals surface area contributed by atoms with Crippen molar-refractivity contribution in [3.63, 3.8) is 0 Å². The van der Waals surface area contributed by atoms with Gasteiger partial charge in [0.2, 0.25) is 5.91 Å². The van der Waals surface area contributed by atoms with E-state index in [4.69, 9.17) is 5.11 Å². The van der Waals surface area contributed by atoms with E-state index in [1.54, 1.807) is 0 Å². The van der Waals surface area contributed by atoms with E-state index in [9.17, 15) is 9.59 Å². The first kappa shape index (κ1) is 18.2. The van der Waals surface area contributed by atoms with Crippen molar-refractivity contribution in [1.29, 1.82) is 0 Å². The number of carboxylic acids is 1. The highest BCUT2D eigenvalue weighted by atomic mass is 16.4. The summed E-state index contributed by atoms with van der Waals surface area (Å²) in [7, 11) is 1.91. The summed E-state index contributed by atoms with van der Waals surface area (Å²) < 4.78 is 1.84. The fourth-order valence-corrected chi connectivity index (χ4v) is 2.48. The maximum absolute atomic E-state index is 12.1. The van der Waals surface area contributed by atoms with Crippen LogP contribution in [-0.4, -0.2) is 33.3 Å². The van der Waals surface area contributed by atoms with E-state index in [1.165, 1.54) is 0 Å². The molecule has 6 nitrogen and oxygen atoms in total. The van der Waals surface area contributed by atoms with Crippen molar-refractivity contribution in [3.8, 4) is 0 Å². The number of hydrogen-bond donors (Lipinski definition) is 2. The Bertz CT molecular complexity index is 523. The van der Waals surface area contributed by atoms with Crippen molar-refractivity contribution in [3.05, 3.63) is 17.0 Å². The Kier molecular flexibility index (Phi) is 7.08. The van der Waals surface area contributed by atoms with Crippen molar-refractivity contribution in [1.82, 2.24) is 15.1 Å². The summed E-state index contributed by atoms with van der Waals surface area (Å²) in [5.41, 5.74) is 3.23. The molecule has 1 unspecified atom stereocenters. The summed E-state index contributed by atoms with van der Waals surface area (Å²) in [6.45, 7) is 6.51. The van der Waals surface area contributed by atoms with E-state index in [1.807, 2.05) is 32.5 Å². The Morgan fingerprint density at radius 2 is 1.95 bits per heavy atom. The monoisotopic (exact) mass is 309 g/mol. The molecule has 0 bridgehead atoms. The van der Waals surface area contributed by atoms with E-state index < -0.39 is 5.97 Å². The van der Waals surface area contributed by atoms with Crippen molar-refractivity contribution < 1.29 is 14.7 Å². The fraction of sp³-hybridized carbons (Fsp3) is 0.688. The van der Waals surface area contributed by atoms with Crippen LogP contribution in [0.5, 0.6) is 0 Å². The third-order valence-corrected chi connectivity index (χ3v) is 3.98. The summed E-state index contributed by atoms with van der Waals surface area (Å²) in [5.74, 6) is -0.818. The zero-order chi connectivity index (χ0) is 16.7. The van der Waals surface area contributed by atoms with Gasteiger partial charge in [-0.15, -0.1) is 0 Å². The maximum atomic E-state index is 12.1. The van der Waals surface area contributed by atoms with Gasteiger partial charge in [-0.05, 0) is 38.7 Å². The van der Waals surface area contributed by atoms with Crippen molar-refractivity contribution in [2.75, 3.05) is 6.54 Å². The largest absolute Gasteiger partial charge is 0.481 e. The van der Waals surface area contributed by atoms with Crippen LogP contribution >= 0.6 is 0 Å². The second-order valence-electron chi connectivity index (χ2n) is 5.87. The summed E-state index contributed by atoms with van der Waals surface area (Å²) in [4.78, 5) is 22.5. The van der Waals surface area contributed by atoms with Crippen molar-refractivity contribution >= 4 is 11.9 Å². The van der Waals surface area contributed by atoms with E-state index in [0.29, 0.717) is 19.4 Å². The average molecular weight is 309 g/mol. The number of carbonyl (C=O) groups is 2. The van der Waals surface area contributed by atoms with E-state index >= 15 is 0 Å². The molecule has 1 heterocycles. The Hall–Kier alpha value is -1.85. The average Bonchev–Trinajstić information content (AvgIpc) is 2.68. The SMILES string of the molecule is Cc1nn(C)c(C)c1CC(C)C(=O)NCCCCCC(=O)O. The molecule has 0 aliphatic heterocycles. The second-order valence-corrected chi connectivity index (χ2v) is 5.87. The number of unbranched alkanes of at least 4 members (excludes halogenated alkanes) is 2. The molecule has 124 valence electrons. The first-order valence-electron chi connectivity index (χ1n) is 7.81. The van der Waals surface area contributed by atoms with Crippen LogP contribution in [0.4, 0.5) is 0 Å². The molecule has 1 amide bonds. The number of rotatable bonds is 9. The molecule has 6 heteroatoms. The maximum Gasteiger partial charge on any atom is 0.303 e. The minimum absolute atomic E-state index is 0.0425. The lowest BCUT2D eigenvalue weighted by molar-refractivity contribution is -0.137. The van der Waals surface area contributed by atoms with Gasteiger partial charge in [0.1, 0.15) is 0 Å². The number of carbonyl (C=O) groups excluding carboxylic acids is 1.